The van der Waals surface area contributed by atoms with Crippen LogP contribution in [0.2, 0.25) is 0 Å². The summed E-state index contributed by atoms with van der Waals surface area (Å²) in [6, 6.07) is 17.6. The Morgan fingerprint density at radius 2 is 1.91 bits per heavy atom. The van der Waals surface area contributed by atoms with Gasteiger partial charge in [-0.1, -0.05) is 34.1 Å². The highest BCUT2D eigenvalue weighted by Gasteiger charge is 2.10. The zero-order valence-electron chi connectivity index (χ0n) is 16.8. The number of rotatable bonds is 5. The number of para-hydroxylation sites is 1. The van der Waals surface area contributed by atoms with E-state index >= 15 is 0 Å². The van der Waals surface area contributed by atoms with Gasteiger partial charge in [-0.15, -0.1) is 0 Å². The third-order valence-electron chi connectivity index (χ3n) is 4.57. The first kappa shape index (κ1) is 22.0. The van der Waals surface area contributed by atoms with Gasteiger partial charge in [0.1, 0.15) is 5.75 Å². The molecule has 0 spiro atoms. The van der Waals surface area contributed by atoms with Crippen LogP contribution < -0.4 is 15.7 Å². The van der Waals surface area contributed by atoms with Crippen molar-refractivity contribution in [3.8, 4) is 17.2 Å². The molecule has 4 aromatic rings. The minimum atomic E-state index is -0.461. The first-order valence-corrected chi connectivity index (χ1v) is 11.1. The van der Waals surface area contributed by atoms with Crippen LogP contribution in [0, 0.1) is 0 Å². The topological polar surface area (TPSA) is 81.4 Å². The molecule has 1 amide bonds. The zero-order chi connectivity index (χ0) is 22.7. The van der Waals surface area contributed by atoms with E-state index in [-0.39, 0.29) is 11.8 Å². The quantitative estimate of drug-likeness (QED) is 0.304. The maximum absolute atomic E-state index is 12.5. The second-order valence-electron chi connectivity index (χ2n) is 6.74. The Morgan fingerprint density at radius 1 is 1.09 bits per heavy atom. The Kier molecular flexibility index (Phi) is 6.53. The summed E-state index contributed by atoms with van der Waals surface area (Å²) in [4.78, 5) is 29.2. The molecule has 1 N–H and O–H groups in total. The molecule has 32 heavy (non-hydrogen) atoms. The van der Waals surface area contributed by atoms with Crippen LogP contribution in [-0.2, 0) is 4.79 Å². The van der Waals surface area contributed by atoms with E-state index in [9.17, 15) is 9.59 Å². The summed E-state index contributed by atoms with van der Waals surface area (Å²) in [7, 11) is 1.57. The Bertz CT molecular complexity index is 1410. The molecular formula is C24H16Br2N2O4. The van der Waals surface area contributed by atoms with Gasteiger partial charge in [0.25, 0.3) is 0 Å². The summed E-state index contributed by atoms with van der Waals surface area (Å²) in [5.41, 5.74) is 1.94. The smallest absolute Gasteiger partial charge is 0.347 e. The number of halogens is 2. The first-order valence-electron chi connectivity index (χ1n) is 9.47. The lowest BCUT2D eigenvalue weighted by molar-refractivity contribution is -0.111. The van der Waals surface area contributed by atoms with E-state index in [0.29, 0.717) is 27.9 Å². The molecule has 0 aliphatic carbocycles. The van der Waals surface area contributed by atoms with Crippen LogP contribution in [0.1, 0.15) is 5.56 Å². The summed E-state index contributed by atoms with van der Waals surface area (Å²) in [5, 5.41) is 3.22. The molecule has 8 heteroatoms. The molecule has 1 aromatic heterocycles. The Hall–Kier alpha value is -3.23. The van der Waals surface area contributed by atoms with E-state index in [1.807, 2.05) is 12.1 Å². The SMILES string of the molecule is COc1c(Br)cc(Br)cc1/C=C/C(=O)Nc1cccc(-c2nc3ccccc3c(=O)o2)c1. The van der Waals surface area contributed by atoms with Crippen LogP contribution >= 0.6 is 31.9 Å². The van der Waals surface area contributed by atoms with E-state index in [1.54, 1.807) is 61.7 Å². The van der Waals surface area contributed by atoms with Gasteiger partial charge in [-0.3, -0.25) is 4.79 Å². The van der Waals surface area contributed by atoms with Crippen molar-refractivity contribution in [2.45, 2.75) is 0 Å². The van der Waals surface area contributed by atoms with E-state index in [1.165, 1.54) is 6.08 Å². The van der Waals surface area contributed by atoms with Crippen LogP contribution in [0.3, 0.4) is 0 Å². The molecule has 3 aromatic carbocycles. The molecule has 0 fully saturated rings. The molecule has 0 saturated carbocycles. The number of carbonyl (C=O) groups excluding carboxylic acids is 1. The Labute approximate surface area is 200 Å². The van der Waals surface area contributed by atoms with Crippen LogP contribution in [0.25, 0.3) is 28.4 Å². The highest BCUT2D eigenvalue weighted by molar-refractivity contribution is 9.11. The van der Waals surface area contributed by atoms with Crippen molar-refractivity contribution >= 4 is 60.4 Å². The highest BCUT2D eigenvalue weighted by atomic mass is 79.9. The molecule has 0 aliphatic rings. The number of carbonyl (C=O) groups is 1. The number of anilines is 1. The fourth-order valence-corrected chi connectivity index (χ4v) is 4.56. The van der Waals surface area contributed by atoms with Gasteiger partial charge in [0.2, 0.25) is 11.8 Å². The monoisotopic (exact) mass is 554 g/mol. The summed E-state index contributed by atoms with van der Waals surface area (Å²) < 4.78 is 12.4. The van der Waals surface area contributed by atoms with Crippen LogP contribution in [0.5, 0.6) is 5.75 Å². The van der Waals surface area contributed by atoms with Crippen molar-refractivity contribution < 1.29 is 13.9 Å². The summed E-state index contributed by atoms with van der Waals surface area (Å²) in [6.45, 7) is 0. The van der Waals surface area contributed by atoms with Gasteiger partial charge in [0, 0.05) is 27.4 Å². The summed E-state index contributed by atoms with van der Waals surface area (Å²) >= 11 is 6.87. The van der Waals surface area contributed by atoms with E-state index in [2.05, 4.69) is 42.2 Å². The highest BCUT2D eigenvalue weighted by Crippen LogP contribution is 2.33. The number of hydrogen-bond donors (Lipinski definition) is 1. The maximum Gasteiger partial charge on any atom is 0.347 e. The van der Waals surface area contributed by atoms with Crippen molar-refractivity contribution in [3.63, 3.8) is 0 Å². The van der Waals surface area contributed by atoms with Crippen LogP contribution in [0.15, 0.2) is 84.9 Å². The van der Waals surface area contributed by atoms with Gasteiger partial charge in [0.15, 0.2) is 0 Å². The second-order valence-corrected chi connectivity index (χ2v) is 8.51. The molecule has 6 nitrogen and oxygen atoms in total. The lowest BCUT2D eigenvalue weighted by Gasteiger charge is -2.08. The fraction of sp³-hybridized carbons (Fsp3) is 0.0417. The summed E-state index contributed by atoms with van der Waals surface area (Å²) in [5.74, 6) is 0.481. The minimum Gasteiger partial charge on any atom is -0.495 e. The van der Waals surface area contributed by atoms with E-state index in [4.69, 9.17) is 9.15 Å². The average molecular weight is 556 g/mol. The molecule has 1 heterocycles. The number of hydrogen-bond acceptors (Lipinski definition) is 5. The van der Waals surface area contributed by atoms with Gasteiger partial charge in [0.05, 0.1) is 22.5 Å². The number of amides is 1. The predicted molar refractivity (Wildman–Crippen MR) is 132 cm³/mol. The van der Waals surface area contributed by atoms with Crippen molar-refractivity contribution in [1.29, 1.82) is 0 Å². The molecule has 0 unspecified atom stereocenters. The van der Waals surface area contributed by atoms with Crippen molar-refractivity contribution in [2.75, 3.05) is 12.4 Å². The van der Waals surface area contributed by atoms with Crippen LogP contribution in [0.4, 0.5) is 5.69 Å². The standard InChI is InChI=1S/C24H16Br2N2O4/c1-31-22-14(11-16(25)13-19(22)26)9-10-21(29)27-17-6-4-5-15(12-17)23-28-20-8-3-2-7-18(20)24(30)32-23/h2-13H,1H3,(H,27,29)/b10-9+. The molecule has 0 radical (unpaired) electrons. The van der Waals surface area contributed by atoms with Gasteiger partial charge in [-0.05, 0) is 64.5 Å². The minimum absolute atomic E-state index is 0.184. The number of nitrogens with zero attached hydrogens (tertiary/aromatic N) is 1. The van der Waals surface area contributed by atoms with Crippen molar-refractivity contribution in [3.05, 3.63) is 91.7 Å². The van der Waals surface area contributed by atoms with Gasteiger partial charge >= 0.3 is 5.63 Å². The van der Waals surface area contributed by atoms with Crippen molar-refractivity contribution in [1.82, 2.24) is 4.98 Å². The maximum atomic E-state index is 12.5. The van der Waals surface area contributed by atoms with E-state index in [0.717, 1.165) is 14.5 Å². The van der Waals surface area contributed by atoms with Crippen molar-refractivity contribution in [2.24, 2.45) is 0 Å². The van der Waals surface area contributed by atoms with Gasteiger partial charge < -0.3 is 14.5 Å². The van der Waals surface area contributed by atoms with Gasteiger partial charge in [-0.2, -0.15) is 0 Å². The fourth-order valence-electron chi connectivity index (χ4n) is 3.14. The molecule has 0 aliphatic heterocycles. The predicted octanol–water partition coefficient (Wildman–Crippen LogP) is 6.04. The van der Waals surface area contributed by atoms with Crippen LogP contribution in [-0.4, -0.2) is 18.0 Å². The third kappa shape index (κ3) is 4.81. The molecule has 0 atom stereocenters. The number of benzene rings is 3. The Morgan fingerprint density at radius 3 is 2.72 bits per heavy atom. The first-order chi connectivity index (χ1) is 15.4. The third-order valence-corrected chi connectivity index (χ3v) is 5.61. The largest absolute Gasteiger partial charge is 0.495 e. The number of ether oxygens (including phenoxy) is 1. The second kappa shape index (κ2) is 9.50. The molecule has 160 valence electrons. The number of methoxy groups -OCH3 is 1. The molecule has 0 bridgehead atoms. The average Bonchev–Trinajstić information content (AvgIpc) is 2.77. The summed E-state index contributed by atoms with van der Waals surface area (Å²) in [6.07, 6.45) is 3.08. The lowest BCUT2D eigenvalue weighted by atomic mass is 10.1. The molecule has 4 rings (SSSR count). The number of nitrogens with one attached hydrogen (secondary N) is 1. The number of aromatic nitrogens is 1. The Balaban J connectivity index is 1.57. The normalized spacial score (nSPS) is 11.1. The lowest BCUT2D eigenvalue weighted by Crippen LogP contribution is -2.08. The molecular weight excluding hydrogens is 540 g/mol. The van der Waals surface area contributed by atoms with Gasteiger partial charge in [-0.25, -0.2) is 9.78 Å². The molecule has 0 saturated heterocycles. The zero-order valence-corrected chi connectivity index (χ0v) is 19.9. The van der Waals surface area contributed by atoms with E-state index < -0.39 is 5.63 Å². The number of fused-ring (bicyclic) bond motifs is 1.